The molecule has 1 aromatic rings. The number of aromatic hydroxyl groups is 1. The van der Waals surface area contributed by atoms with Gasteiger partial charge in [-0.3, -0.25) is 9.59 Å². The van der Waals surface area contributed by atoms with Crippen molar-refractivity contribution in [1.82, 2.24) is 10.2 Å². The first-order chi connectivity index (χ1) is 9.99. The van der Waals surface area contributed by atoms with Crippen LogP contribution in [0, 0.1) is 11.2 Å². The van der Waals surface area contributed by atoms with Crippen LogP contribution in [-0.2, 0) is 4.79 Å². The molecule has 0 unspecified atom stereocenters. The van der Waals surface area contributed by atoms with Gasteiger partial charge in [0, 0.05) is 32.1 Å². The molecule has 2 amide bonds. The van der Waals surface area contributed by atoms with Gasteiger partial charge in [-0.05, 0) is 30.4 Å². The van der Waals surface area contributed by atoms with Gasteiger partial charge in [-0.2, -0.15) is 0 Å². The van der Waals surface area contributed by atoms with Crippen LogP contribution in [0.1, 0.15) is 29.6 Å². The molecule has 1 spiro atoms. The van der Waals surface area contributed by atoms with Crippen LogP contribution in [0.25, 0.3) is 0 Å². The summed E-state index contributed by atoms with van der Waals surface area (Å²) in [6.07, 6.45) is 2.01. The average molecular weight is 292 g/mol. The first-order valence-corrected chi connectivity index (χ1v) is 7.04. The van der Waals surface area contributed by atoms with Crippen LogP contribution in [-0.4, -0.2) is 41.5 Å². The Labute approximate surface area is 121 Å². The van der Waals surface area contributed by atoms with E-state index in [1.54, 1.807) is 4.90 Å². The Morgan fingerprint density at radius 1 is 1.33 bits per heavy atom. The average Bonchev–Trinajstić information content (AvgIpc) is 2.80. The lowest BCUT2D eigenvalue weighted by molar-refractivity contribution is -0.119. The number of nitrogens with zero attached hydrogens (tertiary/aromatic N) is 1. The van der Waals surface area contributed by atoms with E-state index in [1.165, 1.54) is 12.1 Å². The van der Waals surface area contributed by atoms with Gasteiger partial charge >= 0.3 is 0 Å². The predicted molar refractivity (Wildman–Crippen MR) is 73.3 cm³/mol. The monoisotopic (exact) mass is 292 g/mol. The lowest BCUT2D eigenvalue weighted by Crippen LogP contribution is -2.44. The van der Waals surface area contributed by atoms with Crippen molar-refractivity contribution in [1.29, 1.82) is 0 Å². The van der Waals surface area contributed by atoms with Gasteiger partial charge in [0.1, 0.15) is 11.6 Å². The minimum Gasteiger partial charge on any atom is -0.508 e. The molecular formula is C15H17FN2O3. The SMILES string of the molecule is O=C1CC2(CCN(C(=O)c3ccc(O)cc3F)CC2)CN1. The number of hydrogen-bond donors (Lipinski definition) is 2. The molecule has 6 heteroatoms. The van der Waals surface area contributed by atoms with Crippen LogP contribution in [0.3, 0.4) is 0 Å². The van der Waals surface area contributed by atoms with Gasteiger partial charge in [-0.15, -0.1) is 0 Å². The Morgan fingerprint density at radius 2 is 2.05 bits per heavy atom. The Hall–Kier alpha value is -2.11. The number of phenols is 1. The van der Waals surface area contributed by atoms with Gasteiger partial charge in [0.2, 0.25) is 5.91 Å². The van der Waals surface area contributed by atoms with Crippen LogP contribution >= 0.6 is 0 Å². The second-order valence-corrected chi connectivity index (χ2v) is 5.91. The molecule has 0 bridgehead atoms. The van der Waals surface area contributed by atoms with Crippen molar-refractivity contribution in [2.75, 3.05) is 19.6 Å². The first-order valence-electron chi connectivity index (χ1n) is 7.04. The van der Waals surface area contributed by atoms with Gasteiger partial charge in [-0.1, -0.05) is 0 Å². The number of amides is 2. The molecule has 0 aromatic heterocycles. The van der Waals surface area contributed by atoms with E-state index in [-0.39, 0.29) is 28.5 Å². The maximum absolute atomic E-state index is 13.7. The lowest BCUT2D eigenvalue weighted by Gasteiger charge is -2.38. The van der Waals surface area contributed by atoms with Crippen LogP contribution in [0.5, 0.6) is 5.75 Å². The number of hydrogen-bond acceptors (Lipinski definition) is 3. The van der Waals surface area contributed by atoms with Crippen molar-refractivity contribution in [3.8, 4) is 5.75 Å². The highest BCUT2D eigenvalue weighted by molar-refractivity contribution is 5.94. The molecule has 21 heavy (non-hydrogen) atoms. The van der Waals surface area contributed by atoms with Gasteiger partial charge < -0.3 is 15.3 Å². The van der Waals surface area contributed by atoms with E-state index in [1.807, 2.05) is 0 Å². The van der Waals surface area contributed by atoms with Crippen molar-refractivity contribution >= 4 is 11.8 Å². The summed E-state index contributed by atoms with van der Waals surface area (Å²) in [6.45, 7) is 1.71. The van der Waals surface area contributed by atoms with E-state index in [2.05, 4.69) is 5.32 Å². The molecule has 112 valence electrons. The first kappa shape index (κ1) is 13.9. The zero-order chi connectivity index (χ0) is 15.0. The van der Waals surface area contributed by atoms with E-state index in [4.69, 9.17) is 0 Å². The fraction of sp³-hybridized carbons (Fsp3) is 0.467. The van der Waals surface area contributed by atoms with Crippen LogP contribution < -0.4 is 5.32 Å². The maximum atomic E-state index is 13.7. The number of likely N-dealkylation sites (tertiary alicyclic amines) is 1. The van der Waals surface area contributed by atoms with Crippen molar-refractivity contribution in [3.63, 3.8) is 0 Å². The third-order valence-electron chi connectivity index (χ3n) is 4.49. The van der Waals surface area contributed by atoms with Crippen LogP contribution in [0.15, 0.2) is 18.2 Å². The Bertz CT molecular complexity index is 595. The third-order valence-corrected chi connectivity index (χ3v) is 4.49. The van der Waals surface area contributed by atoms with Crippen molar-refractivity contribution in [2.24, 2.45) is 5.41 Å². The summed E-state index contributed by atoms with van der Waals surface area (Å²) in [5.41, 5.74) is -0.0640. The molecule has 2 aliphatic heterocycles. The molecular weight excluding hydrogens is 275 g/mol. The fourth-order valence-electron chi connectivity index (χ4n) is 3.14. The molecule has 2 fully saturated rings. The number of halogens is 1. The number of phenolic OH excluding ortho intramolecular Hbond substituents is 1. The number of benzene rings is 1. The number of carbonyl (C=O) groups is 2. The lowest BCUT2D eigenvalue weighted by atomic mass is 9.77. The van der Waals surface area contributed by atoms with Gasteiger partial charge in [0.25, 0.3) is 5.91 Å². The highest BCUT2D eigenvalue weighted by atomic mass is 19.1. The molecule has 5 nitrogen and oxygen atoms in total. The second-order valence-electron chi connectivity index (χ2n) is 5.91. The molecule has 3 rings (SSSR count). The Balaban J connectivity index is 1.69. The highest BCUT2D eigenvalue weighted by Gasteiger charge is 2.41. The normalized spacial score (nSPS) is 20.6. The van der Waals surface area contributed by atoms with Crippen molar-refractivity contribution in [3.05, 3.63) is 29.6 Å². The zero-order valence-electron chi connectivity index (χ0n) is 11.6. The van der Waals surface area contributed by atoms with Crippen LogP contribution in [0.2, 0.25) is 0 Å². The Morgan fingerprint density at radius 3 is 2.62 bits per heavy atom. The highest BCUT2D eigenvalue weighted by Crippen LogP contribution is 2.37. The van der Waals surface area contributed by atoms with E-state index in [0.29, 0.717) is 26.1 Å². The third kappa shape index (κ3) is 2.57. The van der Waals surface area contributed by atoms with Gasteiger partial charge in [0.15, 0.2) is 0 Å². The molecule has 2 saturated heterocycles. The fourth-order valence-corrected chi connectivity index (χ4v) is 3.14. The topological polar surface area (TPSA) is 69.6 Å². The molecule has 0 radical (unpaired) electrons. The quantitative estimate of drug-likeness (QED) is 0.819. The van der Waals surface area contributed by atoms with Gasteiger partial charge in [0.05, 0.1) is 5.56 Å². The summed E-state index contributed by atoms with van der Waals surface area (Å²) in [5, 5.41) is 12.0. The predicted octanol–water partition coefficient (Wildman–Crippen LogP) is 1.27. The summed E-state index contributed by atoms with van der Waals surface area (Å²) in [5.74, 6) is -1.20. The standard InChI is InChI=1S/C15H17FN2O3/c16-12-7-10(19)1-2-11(12)14(21)18-5-3-15(4-6-18)8-13(20)17-9-15/h1-2,7,19H,3-6,8-9H2,(H,17,20). The van der Waals surface area contributed by atoms with Crippen molar-refractivity contribution in [2.45, 2.75) is 19.3 Å². The summed E-state index contributed by atoms with van der Waals surface area (Å²) in [7, 11) is 0. The number of rotatable bonds is 1. The Kier molecular flexibility index (Phi) is 3.31. The summed E-state index contributed by atoms with van der Waals surface area (Å²) in [6, 6.07) is 3.55. The largest absolute Gasteiger partial charge is 0.508 e. The summed E-state index contributed by atoms with van der Waals surface area (Å²) >= 11 is 0. The maximum Gasteiger partial charge on any atom is 0.256 e. The van der Waals surface area contributed by atoms with Crippen molar-refractivity contribution < 1.29 is 19.1 Å². The zero-order valence-corrected chi connectivity index (χ0v) is 11.6. The smallest absolute Gasteiger partial charge is 0.256 e. The molecule has 0 aliphatic carbocycles. The molecule has 2 heterocycles. The minimum atomic E-state index is -0.710. The van der Waals surface area contributed by atoms with Crippen LogP contribution in [0.4, 0.5) is 4.39 Å². The van der Waals surface area contributed by atoms with E-state index in [0.717, 1.165) is 18.9 Å². The number of carbonyl (C=O) groups excluding carboxylic acids is 2. The van der Waals surface area contributed by atoms with E-state index < -0.39 is 5.82 Å². The van der Waals surface area contributed by atoms with Gasteiger partial charge in [-0.25, -0.2) is 4.39 Å². The minimum absolute atomic E-state index is 0.0237. The van der Waals surface area contributed by atoms with E-state index >= 15 is 0 Å². The molecule has 2 aliphatic rings. The number of nitrogens with one attached hydrogen (secondary N) is 1. The number of piperidine rings is 1. The summed E-state index contributed by atoms with van der Waals surface area (Å²) in [4.78, 5) is 25.3. The second kappa shape index (κ2) is 5.02. The van der Waals surface area contributed by atoms with E-state index in [9.17, 15) is 19.1 Å². The molecule has 2 N–H and O–H groups in total. The molecule has 0 saturated carbocycles. The molecule has 1 aromatic carbocycles. The molecule has 0 atom stereocenters. The summed E-state index contributed by atoms with van der Waals surface area (Å²) < 4.78 is 13.7.